The van der Waals surface area contributed by atoms with Crippen LogP contribution in [0.3, 0.4) is 0 Å². The fourth-order valence-electron chi connectivity index (χ4n) is 8.87. The van der Waals surface area contributed by atoms with E-state index in [1.807, 2.05) is 84.9 Å². The second-order valence-corrected chi connectivity index (χ2v) is 16.1. The fourth-order valence-corrected chi connectivity index (χ4v) is 8.87. The van der Waals surface area contributed by atoms with E-state index in [9.17, 15) is 9.59 Å². The van der Waals surface area contributed by atoms with E-state index in [0.29, 0.717) is 29.7 Å². The highest BCUT2D eigenvalue weighted by molar-refractivity contribution is 6.43. The number of carbonyl (C=O) groups is 4. The Morgan fingerprint density at radius 1 is 0.600 bits per heavy atom. The summed E-state index contributed by atoms with van der Waals surface area (Å²) in [4.78, 5) is 78.3. The number of benzene rings is 3. The standard InChI is InChI=1S/C52H56N6O7/c1-35(38-19-25-53-26-20-38)31-44(32-36(2)39-21-27-54-28-22-39)56(4)51(62)49(57(5)50(61)47(60)40-33-45(63-6)48(65-8)46(34-40)64-7)52(41-15-11-9-12-16-41,42-17-13-10-14-18-42)58(37(3)59)43-23-29-55-30-24-43/h9-30,33-36,44,49H,31-32H2,1-8H3/t35?,36?,44?,49-/m1/s1. The Morgan fingerprint density at radius 3 is 1.43 bits per heavy atom. The summed E-state index contributed by atoms with van der Waals surface area (Å²) < 4.78 is 16.6. The van der Waals surface area contributed by atoms with Crippen LogP contribution in [0.25, 0.3) is 0 Å². The molecule has 336 valence electrons. The molecule has 3 amide bonds. The maximum absolute atomic E-state index is 16.5. The first-order valence-electron chi connectivity index (χ1n) is 21.4. The van der Waals surface area contributed by atoms with E-state index in [2.05, 4.69) is 28.8 Å². The van der Waals surface area contributed by atoms with Crippen molar-refractivity contribution in [3.8, 4) is 17.2 Å². The van der Waals surface area contributed by atoms with Crippen LogP contribution in [-0.4, -0.2) is 95.8 Å². The third-order valence-corrected chi connectivity index (χ3v) is 12.2. The summed E-state index contributed by atoms with van der Waals surface area (Å²) in [5.41, 5.74) is 1.66. The zero-order chi connectivity index (χ0) is 46.7. The van der Waals surface area contributed by atoms with Gasteiger partial charge in [0.25, 0.3) is 11.7 Å². The normalized spacial score (nSPS) is 13.0. The molecule has 3 heterocycles. The molecule has 2 unspecified atom stereocenters. The van der Waals surface area contributed by atoms with Gasteiger partial charge in [-0.15, -0.1) is 0 Å². The molecule has 6 aromatic rings. The van der Waals surface area contributed by atoms with Crippen molar-refractivity contribution in [3.05, 3.63) is 174 Å². The summed E-state index contributed by atoms with van der Waals surface area (Å²) in [6, 6.07) is 30.3. The van der Waals surface area contributed by atoms with Crippen LogP contribution in [0.5, 0.6) is 17.2 Å². The van der Waals surface area contributed by atoms with Gasteiger partial charge in [-0.3, -0.25) is 39.0 Å². The van der Waals surface area contributed by atoms with Crippen molar-refractivity contribution in [3.63, 3.8) is 0 Å². The van der Waals surface area contributed by atoms with Gasteiger partial charge in [0, 0.05) is 75.5 Å². The number of likely N-dealkylation sites (N-methyl/N-ethyl adjacent to an activating group) is 2. The molecule has 13 heteroatoms. The molecule has 0 bridgehead atoms. The van der Waals surface area contributed by atoms with Crippen molar-refractivity contribution < 1.29 is 33.4 Å². The van der Waals surface area contributed by atoms with E-state index >= 15 is 9.59 Å². The second kappa shape index (κ2) is 21.3. The van der Waals surface area contributed by atoms with Crippen LogP contribution < -0.4 is 19.1 Å². The van der Waals surface area contributed by atoms with E-state index in [1.54, 1.807) is 61.3 Å². The SMILES string of the molecule is COc1cc(C(=O)C(=O)N(C)[C@H](C(=O)N(C)C(CC(C)c2ccncc2)CC(C)c2ccncc2)C(c2ccccc2)(c2ccccc2)N(C(C)=O)c2ccncc2)cc(OC)c1OC. The largest absolute Gasteiger partial charge is 0.493 e. The molecule has 3 aromatic heterocycles. The Morgan fingerprint density at radius 2 is 1.03 bits per heavy atom. The number of hydrogen-bond donors (Lipinski definition) is 0. The first-order valence-corrected chi connectivity index (χ1v) is 21.4. The minimum Gasteiger partial charge on any atom is -0.493 e. The molecule has 13 nitrogen and oxygen atoms in total. The maximum atomic E-state index is 16.5. The molecule has 0 saturated heterocycles. The molecule has 6 rings (SSSR count). The maximum Gasteiger partial charge on any atom is 0.295 e. The van der Waals surface area contributed by atoms with Crippen LogP contribution in [0.4, 0.5) is 5.69 Å². The average Bonchev–Trinajstić information content (AvgIpc) is 3.35. The molecule has 0 N–H and O–H groups in total. The summed E-state index contributed by atoms with van der Waals surface area (Å²) in [5, 5.41) is 0. The van der Waals surface area contributed by atoms with Gasteiger partial charge in [-0.05, 0) is 95.5 Å². The lowest BCUT2D eigenvalue weighted by molar-refractivity contribution is -0.146. The minimum absolute atomic E-state index is 0.0270. The third-order valence-electron chi connectivity index (χ3n) is 12.2. The number of nitrogens with zero attached hydrogens (tertiary/aromatic N) is 6. The van der Waals surface area contributed by atoms with Crippen LogP contribution in [0.15, 0.2) is 146 Å². The Bertz CT molecular complexity index is 2420. The van der Waals surface area contributed by atoms with Gasteiger partial charge in [0.05, 0.1) is 21.3 Å². The number of ether oxygens (including phenoxy) is 3. The molecular weight excluding hydrogens is 821 g/mol. The van der Waals surface area contributed by atoms with Gasteiger partial charge >= 0.3 is 0 Å². The molecule has 0 saturated carbocycles. The second-order valence-electron chi connectivity index (χ2n) is 16.1. The van der Waals surface area contributed by atoms with Gasteiger partial charge in [0.15, 0.2) is 11.5 Å². The monoisotopic (exact) mass is 876 g/mol. The number of anilines is 1. The number of aromatic nitrogens is 3. The van der Waals surface area contributed by atoms with Crippen molar-refractivity contribution in [2.45, 2.75) is 63.1 Å². The fraction of sp³-hybridized carbons (Fsp3) is 0.288. The van der Waals surface area contributed by atoms with E-state index < -0.39 is 41.1 Å². The smallest absolute Gasteiger partial charge is 0.295 e. The van der Waals surface area contributed by atoms with Gasteiger partial charge in [0.2, 0.25) is 17.6 Å². The van der Waals surface area contributed by atoms with Crippen molar-refractivity contribution in [1.29, 1.82) is 0 Å². The van der Waals surface area contributed by atoms with Crippen molar-refractivity contribution in [2.75, 3.05) is 40.3 Å². The zero-order valence-corrected chi connectivity index (χ0v) is 38.1. The quantitative estimate of drug-likeness (QED) is 0.0578. The summed E-state index contributed by atoms with van der Waals surface area (Å²) in [6.45, 7) is 5.64. The van der Waals surface area contributed by atoms with Crippen LogP contribution >= 0.6 is 0 Å². The Labute approximate surface area is 381 Å². The summed E-state index contributed by atoms with van der Waals surface area (Å²) in [5.74, 6) is -2.41. The van der Waals surface area contributed by atoms with E-state index in [-0.39, 0.29) is 34.6 Å². The number of pyridine rings is 3. The Hall–Kier alpha value is -7.41. The average molecular weight is 877 g/mol. The van der Waals surface area contributed by atoms with E-state index in [0.717, 1.165) is 11.1 Å². The lowest BCUT2D eigenvalue weighted by Gasteiger charge is -2.52. The first-order chi connectivity index (χ1) is 31.4. The van der Waals surface area contributed by atoms with Crippen LogP contribution in [-0.2, 0) is 19.9 Å². The number of rotatable bonds is 19. The lowest BCUT2D eigenvalue weighted by atomic mass is 9.73. The van der Waals surface area contributed by atoms with Gasteiger partial charge < -0.3 is 24.0 Å². The Balaban J connectivity index is 1.63. The Kier molecular flexibility index (Phi) is 15.4. The van der Waals surface area contributed by atoms with Gasteiger partial charge in [-0.25, -0.2) is 0 Å². The molecule has 3 aromatic carbocycles. The predicted molar refractivity (Wildman–Crippen MR) is 249 cm³/mol. The zero-order valence-electron chi connectivity index (χ0n) is 38.1. The number of Topliss-reactive ketones (excluding diaryl/α,β-unsaturated/α-hetero) is 1. The molecule has 0 aliphatic heterocycles. The molecule has 3 atom stereocenters. The molecule has 0 fully saturated rings. The molecule has 0 spiro atoms. The van der Waals surface area contributed by atoms with Crippen molar-refractivity contribution in [2.24, 2.45) is 0 Å². The number of ketones is 1. The van der Waals surface area contributed by atoms with Crippen molar-refractivity contribution >= 4 is 29.2 Å². The van der Waals surface area contributed by atoms with Crippen LogP contribution in [0, 0.1) is 0 Å². The van der Waals surface area contributed by atoms with Gasteiger partial charge in [0.1, 0.15) is 11.6 Å². The highest BCUT2D eigenvalue weighted by atomic mass is 16.5. The molecule has 65 heavy (non-hydrogen) atoms. The van der Waals surface area contributed by atoms with Gasteiger partial charge in [-0.1, -0.05) is 74.5 Å². The third kappa shape index (κ3) is 9.89. The number of methoxy groups -OCH3 is 3. The highest BCUT2D eigenvalue weighted by Gasteiger charge is 2.56. The summed E-state index contributed by atoms with van der Waals surface area (Å²) >= 11 is 0. The molecule has 0 aliphatic carbocycles. The summed E-state index contributed by atoms with van der Waals surface area (Å²) in [6.07, 6.45) is 11.2. The van der Waals surface area contributed by atoms with Crippen molar-refractivity contribution in [1.82, 2.24) is 24.8 Å². The minimum atomic E-state index is -1.81. The van der Waals surface area contributed by atoms with E-state index in [4.69, 9.17) is 14.2 Å². The first kappa shape index (κ1) is 47.1. The van der Waals surface area contributed by atoms with E-state index in [1.165, 1.54) is 57.2 Å². The predicted octanol–water partition coefficient (Wildman–Crippen LogP) is 8.12. The van der Waals surface area contributed by atoms with Gasteiger partial charge in [-0.2, -0.15) is 0 Å². The molecule has 0 aliphatic rings. The molecular formula is C52H56N6O7. The van der Waals surface area contributed by atoms with Crippen LogP contribution in [0.1, 0.15) is 78.1 Å². The number of hydrogen-bond acceptors (Lipinski definition) is 10. The van der Waals surface area contributed by atoms with Crippen LogP contribution in [0.2, 0.25) is 0 Å². The summed E-state index contributed by atoms with van der Waals surface area (Å²) in [7, 11) is 7.44. The number of carbonyl (C=O) groups excluding carboxylic acids is 4. The highest BCUT2D eigenvalue weighted by Crippen LogP contribution is 2.46. The lowest BCUT2D eigenvalue weighted by Crippen LogP contribution is -2.68. The molecule has 0 radical (unpaired) electrons. The number of amides is 3. The topological polar surface area (TPSA) is 144 Å².